The van der Waals surface area contributed by atoms with Gasteiger partial charge in [-0.2, -0.15) is 0 Å². The maximum absolute atomic E-state index is 12.9. The van der Waals surface area contributed by atoms with Crippen LogP contribution in [-0.2, 0) is 6.61 Å². The molecule has 4 rings (SSSR count). The van der Waals surface area contributed by atoms with Gasteiger partial charge in [0.05, 0.1) is 7.11 Å². The number of benzene rings is 2. The Labute approximate surface area is 181 Å². The molecule has 0 saturated carbocycles. The fourth-order valence-electron chi connectivity index (χ4n) is 3.23. The number of ether oxygens (including phenoxy) is 2. The third-order valence-corrected chi connectivity index (χ3v) is 4.92. The van der Waals surface area contributed by atoms with E-state index in [9.17, 15) is 4.79 Å². The molecule has 156 valence electrons. The molecule has 1 amide bonds. The largest absolute Gasteiger partial charge is 0.493 e. The zero-order valence-corrected chi connectivity index (χ0v) is 17.4. The predicted octanol–water partition coefficient (Wildman–Crippen LogP) is 5.02. The van der Waals surface area contributed by atoms with Crippen molar-refractivity contribution >= 4 is 11.6 Å². The first-order valence-corrected chi connectivity index (χ1v) is 9.89. The summed E-state index contributed by atoms with van der Waals surface area (Å²) in [5, 5.41) is 2.95. The number of pyridine rings is 1. The van der Waals surface area contributed by atoms with Crippen LogP contribution in [0.15, 0.2) is 85.5 Å². The van der Waals surface area contributed by atoms with Crippen LogP contribution < -0.4 is 14.8 Å². The Balaban J connectivity index is 1.52. The zero-order valence-electron chi connectivity index (χ0n) is 17.4. The lowest BCUT2D eigenvalue weighted by atomic mass is 10.1. The Kier molecular flexibility index (Phi) is 5.98. The van der Waals surface area contributed by atoms with Gasteiger partial charge in [0.15, 0.2) is 11.5 Å². The molecule has 1 N–H and O–H groups in total. The fraction of sp³-hybridized carbons (Fsp3) is 0.120. The van der Waals surface area contributed by atoms with Crippen molar-refractivity contribution < 1.29 is 14.3 Å². The van der Waals surface area contributed by atoms with Gasteiger partial charge in [0, 0.05) is 47.8 Å². The summed E-state index contributed by atoms with van der Waals surface area (Å²) in [7, 11) is 1.59. The second-order valence-corrected chi connectivity index (χ2v) is 7.06. The summed E-state index contributed by atoms with van der Waals surface area (Å²) in [6.45, 7) is 2.39. The van der Waals surface area contributed by atoms with E-state index >= 15 is 0 Å². The average Bonchev–Trinajstić information content (AvgIpc) is 3.33. The van der Waals surface area contributed by atoms with E-state index in [-0.39, 0.29) is 5.91 Å². The molecule has 0 fully saturated rings. The third kappa shape index (κ3) is 4.75. The lowest BCUT2D eigenvalue weighted by Gasteiger charge is -2.14. The number of rotatable bonds is 7. The van der Waals surface area contributed by atoms with Gasteiger partial charge in [0.1, 0.15) is 6.61 Å². The highest BCUT2D eigenvalue weighted by atomic mass is 16.5. The number of nitrogens with zero attached hydrogens (tertiary/aromatic N) is 2. The van der Waals surface area contributed by atoms with Gasteiger partial charge >= 0.3 is 0 Å². The molecule has 0 radical (unpaired) electrons. The summed E-state index contributed by atoms with van der Waals surface area (Å²) >= 11 is 0. The zero-order chi connectivity index (χ0) is 21.6. The second kappa shape index (κ2) is 9.17. The van der Waals surface area contributed by atoms with Crippen LogP contribution in [-0.4, -0.2) is 22.6 Å². The Morgan fingerprint density at radius 3 is 2.52 bits per heavy atom. The van der Waals surface area contributed by atoms with Crippen LogP contribution in [0.4, 0.5) is 5.69 Å². The van der Waals surface area contributed by atoms with Crippen molar-refractivity contribution in [2.24, 2.45) is 0 Å². The van der Waals surface area contributed by atoms with E-state index in [0.29, 0.717) is 29.4 Å². The monoisotopic (exact) mass is 413 g/mol. The number of carbonyl (C=O) groups is 1. The third-order valence-electron chi connectivity index (χ3n) is 4.92. The van der Waals surface area contributed by atoms with Gasteiger partial charge in [0.25, 0.3) is 5.91 Å². The van der Waals surface area contributed by atoms with E-state index in [0.717, 1.165) is 16.8 Å². The molecule has 0 unspecified atom stereocenters. The van der Waals surface area contributed by atoms with Crippen molar-refractivity contribution in [2.45, 2.75) is 13.5 Å². The van der Waals surface area contributed by atoms with E-state index in [1.807, 2.05) is 66.3 Å². The van der Waals surface area contributed by atoms with Crippen LogP contribution in [0.2, 0.25) is 0 Å². The number of hydrogen-bond acceptors (Lipinski definition) is 4. The summed E-state index contributed by atoms with van der Waals surface area (Å²) in [5.74, 6) is 0.949. The van der Waals surface area contributed by atoms with E-state index < -0.39 is 0 Å². The highest BCUT2D eigenvalue weighted by molar-refractivity contribution is 6.04. The number of hydrogen-bond donors (Lipinski definition) is 1. The highest BCUT2D eigenvalue weighted by Crippen LogP contribution is 2.31. The summed E-state index contributed by atoms with van der Waals surface area (Å²) < 4.78 is 13.3. The number of anilines is 1. The summed E-state index contributed by atoms with van der Waals surface area (Å²) in [6, 6.07) is 18.7. The van der Waals surface area contributed by atoms with E-state index in [1.165, 1.54) is 0 Å². The first-order valence-electron chi connectivity index (χ1n) is 9.89. The minimum absolute atomic E-state index is 0.196. The number of amides is 1. The number of aromatic nitrogens is 2. The number of carbonyl (C=O) groups excluding carboxylic acids is 1. The minimum atomic E-state index is -0.196. The molecule has 0 aliphatic rings. The van der Waals surface area contributed by atoms with Crippen LogP contribution in [0.3, 0.4) is 0 Å². The first-order chi connectivity index (χ1) is 15.1. The molecule has 31 heavy (non-hydrogen) atoms. The van der Waals surface area contributed by atoms with Gasteiger partial charge in [-0.3, -0.25) is 9.78 Å². The van der Waals surface area contributed by atoms with Crippen LogP contribution in [0, 0.1) is 6.92 Å². The highest BCUT2D eigenvalue weighted by Gasteiger charge is 2.12. The molecular formula is C25H23N3O3. The molecule has 0 aliphatic carbocycles. The summed E-state index contributed by atoms with van der Waals surface area (Å²) in [4.78, 5) is 16.9. The van der Waals surface area contributed by atoms with Gasteiger partial charge in [-0.1, -0.05) is 6.07 Å². The molecule has 6 heteroatoms. The second-order valence-electron chi connectivity index (χ2n) is 7.06. The number of nitrogens with one attached hydrogen (secondary N) is 1. The van der Waals surface area contributed by atoms with Crippen LogP contribution in [0.1, 0.15) is 21.5 Å². The maximum atomic E-state index is 12.9. The molecule has 4 aromatic rings. The van der Waals surface area contributed by atoms with E-state index in [1.54, 1.807) is 37.7 Å². The molecular weight excluding hydrogens is 390 g/mol. The Morgan fingerprint density at radius 1 is 1.00 bits per heavy atom. The molecule has 0 spiro atoms. The van der Waals surface area contributed by atoms with Crippen molar-refractivity contribution in [2.75, 3.05) is 12.4 Å². The molecule has 0 bridgehead atoms. The molecule has 2 heterocycles. The van der Waals surface area contributed by atoms with Crippen molar-refractivity contribution in [3.8, 4) is 17.2 Å². The van der Waals surface area contributed by atoms with Crippen LogP contribution in [0.5, 0.6) is 11.5 Å². The molecule has 2 aromatic heterocycles. The fourth-order valence-corrected chi connectivity index (χ4v) is 3.23. The van der Waals surface area contributed by atoms with Crippen molar-refractivity contribution in [3.63, 3.8) is 0 Å². The topological polar surface area (TPSA) is 65.4 Å². The summed E-state index contributed by atoms with van der Waals surface area (Å²) in [6.07, 6.45) is 7.35. The van der Waals surface area contributed by atoms with Crippen LogP contribution >= 0.6 is 0 Å². The van der Waals surface area contributed by atoms with Crippen molar-refractivity contribution in [1.29, 1.82) is 0 Å². The number of aryl methyl sites for hydroxylation is 1. The Bertz CT molecular complexity index is 1170. The first kappa shape index (κ1) is 20.2. The minimum Gasteiger partial charge on any atom is -0.493 e. The molecule has 6 nitrogen and oxygen atoms in total. The lowest BCUT2D eigenvalue weighted by molar-refractivity contribution is 0.102. The Morgan fingerprint density at radius 2 is 1.77 bits per heavy atom. The van der Waals surface area contributed by atoms with Gasteiger partial charge in [0.2, 0.25) is 0 Å². The average molecular weight is 413 g/mol. The SMILES string of the molecule is COc1ccc(NC(=O)c2ccc(C)c(-n3cccc3)c2)cc1OCc1ccncc1. The lowest BCUT2D eigenvalue weighted by Crippen LogP contribution is -2.13. The quantitative estimate of drug-likeness (QED) is 0.462. The van der Waals surface area contributed by atoms with Crippen LogP contribution in [0.25, 0.3) is 5.69 Å². The van der Waals surface area contributed by atoms with Gasteiger partial charge in [-0.15, -0.1) is 0 Å². The molecule has 2 aromatic carbocycles. The predicted molar refractivity (Wildman–Crippen MR) is 120 cm³/mol. The molecule has 0 aliphatic heterocycles. The standard InChI is InChI=1S/C25H23N3O3/c1-18-5-6-20(15-22(18)28-13-3-4-14-28)25(29)27-21-7-8-23(30-2)24(16-21)31-17-19-9-11-26-12-10-19/h3-16H,17H2,1-2H3,(H,27,29). The van der Waals surface area contributed by atoms with Crippen molar-refractivity contribution in [3.05, 3.63) is 102 Å². The van der Waals surface area contributed by atoms with Gasteiger partial charge < -0.3 is 19.4 Å². The smallest absolute Gasteiger partial charge is 0.255 e. The van der Waals surface area contributed by atoms with Crippen molar-refractivity contribution in [1.82, 2.24) is 9.55 Å². The van der Waals surface area contributed by atoms with Gasteiger partial charge in [-0.25, -0.2) is 0 Å². The Hall–Kier alpha value is -4.06. The normalized spacial score (nSPS) is 10.5. The molecule has 0 atom stereocenters. The number of methoxy groups -OCH3 is 1. The van der Waals surface area contributed by atoms with E-state index in [4.69, 9.17) is 9.47 Å². The van der Waals surface area contributed by atoms with Gasteiger partial charge in [-0.05, 0) is 66.6 Å². The maximum Gasteiger partial charge on any atom is 0.255 e. The van der Waals surface area contributed by atoms with E-state index in [2.05, 4.69) is 10.3 Å². The summed E-state index contributed by atoms with van der Waals surface area (Å²) in [5.41, 5.74) is 4.24. The molecule has 0 saturated heterocycles.